The first kappa shape index (κ1) is 14.4. The van der Waals surface area contributed by atoms with Gasteiger partial charge < -0.3 is 15.1 Å². The first-order chi connectivity index (χ1) is 10.3. The maximum Gasteiger partial charge on any atom is 0.227 e. The minimum atomic E-state index is 0.198. The zero-order valence-corrected chi connectivity index (χ0v) is 12.8. The van der Waals surface area contributed by atoms with E-state index in [0.717, 1.165) is 52.1 Å². The van der Waals surface area contributed by atoms with Gasteiger partial charge in [-0.05, 0) is 37.9 Å². The molecule has 2 heterocycles. The Kier molecular flexibility index (Phi) is 4.44. The largest absolute Gasteiger partial charge is 0.368 e. The number of amides is 1. The summed E-state index contributed by atoms with van der Waals surface area (Å²) in [5, 5.41) is 3.34. The number of nitrogens with one attached hydrogen (secondary N) is 1. The van der Waals surface area contributed by atoms with Crippen LogP contribution < -0.4 is 10.2 Å². The van der Waals surface area contributed by atoms with Gasteiger partial charge in [0.25, 0.3) is 0 Å². The minimum Gasteiger partial charge on any atom is -0.368 e. The zero-order valence-electron chi connectivity index (χ0n) is 12.8. The molecule has 0 radical (unpaired) electrons. The number of aryl methyl sites for hydroxylation is 1. The van der Waals surface area contributed by atoms with Gasteiger partial charge in [-0.3, -0.25) is 4.79 Å². The average molecular weight is 287 g/mol. The number of carbonyl (C=O) groups is 1. The lowest BCUT2D eigenvalue weighted by atomic mass is 9.98. The van der Waals surface area contributed by atoms with Crippen LogP contribution in [0.3, 0.4) is 0 Å². The topological polar surface area (TPSA) is 35.6 Å². The molecule has 21 heavy (non-hydrogen) atoms. The molecule has 2 aliphatic heterocycles. The number of hydrogen-bond donors (Lipinski definition) is 1. The second-order valence-electron chi connectivity index (χ2n) is 6.14. The molecule has 2 aliphatic rings. The molecule has 0 unspecified atom stereocenters. The lowest BCUT2D eigenvalue weighted by Gasteiger charge is -2.38. The van der Waals surface area contributed by atoms with E-state index in [2.05, 4.69) is 46.3 Å². The summed E-state index contributed by atoms with van der Waals surface area (Å²) < 4.78 is 0. The van der Waals surface area contributed by atoms with E-state index in [0.29, 0.717) is 5.91 Å². The van der Waals surface area contributed by atoms with Crippen LogP contribution in [0.1, 0.15) is 18.4 Å². The summed E-state index contributed by atoms with van der Waals surface area (Å²) >= 11 is 0. The normalized spacial score (nSPS) is 23.2. The van der Waals surface area contributed by atoms with Crippen LogP contribution in [0.2, 0.25) is 0 Å². The Bertz CT molecular complexity index is 489. The standard InChI is InChI=1S/C17H25N3O/c1-14-5-2-3-7-16(14)19-9-11-20(12-10-19)17(21)15-6-4-8-18-13-15/h2-3,5,7,15,18H,4,6,8-13H2,1H3/t15-/m0/s1. The van der Waals surface area contributed by atoms with E-state index < -0.39 is 0 Å². The molecule has 1 amide bonds. The Morgan fingerprint density at radius 3 is 2.62 bits per heavy atom. The molecule has 2 saturated heterocycles. The van der Waals surface area contributed by atoms with Gasteiger partial charge >= 0.3 is 0 Å². The van der Waals surface area contributed by atoms with Crippen LogP contribution in [0.4, 0.5) is 5.69 Å². The van der Waals surface area contributed by atoms with E-state index in [1.165, 1.54) is 11.3 Å². The first-order valence-electron chi connectivity index (χ1n) is 8.06. The zero-order chi connectivity index (χ0) is 14.7. The number of nitrogens with zero attached hydrogens (tertiary/aromatic N) is 2. The molecule has 1 aromatic carbocycles. The van der Waals surface area contributed by atoms with Crippen molar-refractivity contribution in [3.05, 3.63) is 29.8 Å². The minimum absolute atomic E-state index is 0.198. The molecule has 4 heteroatoms. The molecular formula is C17H25N3O. The van der Waals surface area contributed by atoms with E-state index in [1.54, 1.807) is 0 Å². The molecule has 3 rings (SSSR count). The summed E-state index contributed by atoms with van der Waals surface area (Å²) in [6.45, 7) is 7.66. The fourth-order valence-corrected chi connectivity index (χ4v) is 3.41. The summed E-state index contributed by atoms with van der Waals surface area (Å²) in [7, 11) is 0. The Morgan fingerprint density at radius 2 is 1.95 bits per heavy atom. The molecule has 4 nitrogen and oxygen atoms in total. The van der Waals surface area contributed by atoms with Crippen molar-refractivity contribution in [2.45, 2.75) is 19.8 Å². The monoisotopic (exact) mass is 287 g/mol. The van der Waals surface area contributed by atoms with Crippen molar-refractivity contribution >= 4 is 11.6 Å². The Balaban J connectivity index is 1.57. The first-order valence-corrected chi connectivity index (χ1v) is 8.06. The Morgan fingerprint density at radius 1 is 1.19 bits per heavy atom. The van der Waals surface area contributed by atoms with Crippen LogP contribution in [0, 0.1) is 12.8 Å². The molecule has 0 bridgehead atoms. The highest BCUT2D eigenvalue weighted by atomic mass is 16.2. The number of anilines is 1. The van der Waals surface area contributed by atoms with Crippen molar-refractivity contribution in [2.75, 3.05) is 44.2 Å². The van der Waals surface area contributed by atoms with Crippen LogP contribution in [0.25, 0.3) is 0 Å². The highest BCUT2D eigenvalue weighted by molar-refractivity contribution is 5.79. The number of rotatable bonds is 2. The highest BCUT2D eigenvalue weighted by Crippen LogP contribution is 2.22. The van der Waals surface area contributed by atoms with Crippen LogP contribution in [0.15, 0.2) is 24.3 Å². The maximum absolute atomic E-state index is 12.5. The number of para-hydroxylation sites is 1. The van der Waals surface area contributed by atoms with Crippen LogP contribution in [0.5, 0.6) is 0 Å². The highest BCUT2D eigenvalue weighted by Gasteiger charge is 2.28. The quantitative estimate of drug-likeness (QED) is 0.898. The van der Waals surface area contributed by atoms with Gasteiger partial charge in [-0.1, -0.05) is 18.2 Å². The van der Waals surface area contributed by atoms with Gasteiger partial charge in [0.2, 0.25) is 5.91 Å². The van der Waals surface area contributed by atoms with Crippen molar-refractivity contribution in [1.82, 2.24) is 10.2 Å². The van der Waals surface area contributed by atoms with E-state index in [9.17, 15) is 4.79 Å². The lowest BCUT2D eigenvalue weighted by molar-refractivity contribution is -0.136. The molecule has 0 aromatic heterocycles. The van der Waals surface area contributed by atoms with E-state index >= 15 is 0 Å². The summed E-state index contributed by atoms with van der Waals surface area (Å²) in [6, 6.07) is 8.50. The van der Waals surface area contributed by atoms with Gasteiger partial charge in [0.15, 0.2) is 0 Å². The fourth-order valence-electron chi connectivity index (χ4n) is 3.41. The van der Waals surface area contributed by atoms with E-state index in [-0.39, 0.29) is 5.92 Å². The Hall–Kier alpha value is -1.55. The van der Waals surface area contributed by atoms with Crippen molar-refractivity contribution < 1.29 is 4.79 Å². The Labute approximate surface area is 127 Å². The van der Waals surface area contributed by atoms with Crippen LogP contribution >= 0.6 is 0 Å². The predicted octanol–water partition coefficient (Wildman–Crippen LogP) is 1.64. The molecule has 0 aliphatic carbocycles. The average Bonchev–Trinajstić information content (AvgIpc) is 2.56. The molecule has 2 fully saturated rings. The smallest absolute Gasteiger partial charge is 0.227 e. The van der Waals surface area contributed by atoms with E-state index in [4.69, 9.17) is 0 Å². The van der Waals surface area contributed by atoms with Gasteiger partial charge in [-0.2, -0.15) is 0 Å². The summed E-state index contributed by atoms with van der Waals surface area (Å²) in [6.07, 6.45) is 2.17. The second kappa shape index (κ2) is 6.48. The van der Waals surface area contributed by atoms with E-state index in [1.807, 2.05) is 0 Å². The number of benzene rings is 1. The SMILES string of the molecule is Cc1ccccc1N1CCN(C(=O)[C@H]2CCCNC2)CC1. The van der Waals surface area contributed by atoms with Gasteiger partial charge in [0.1, 0.15) is 0 Å². The third-order valence-electron chi connectivity index (χ3n) is 4.69. The maximum atomic E-state index is 12.5. The third-order valence-corrected chi connectivity index (χ3v) is 4.69. The summed E-state index contributed by atoms with van der Waals surface area (Å²) in [5.41, 5.74) is 2.62. The molecule has 1 N–H and O–H groups in total. The van der Waals surface area contributed by atoms with Crippen molar-refractivity contribution in [3.8, 4) is 0 Å². The molecule has 114 valence electrons. The molecule has 0 saturated carbocycles. The number of hydrogen-bond acceptors (Lipinski definition) is 3. The molecular weight excluding hydrogens is 262 g/mol. The number of piperidine rings is 1. The second-order valence-corrected chi connectivity index (χ2v) is 6.14. The van der Waals surface area contributed by atoms with Gasteiger partial charge in [0, 0.05) is 38.4 Å². The summed E-state index contributed by atoms with van der Waals surface area (Å²) in [4.78, 5) is 17.0. The van der Waals surface area contributed by atoms with Crippen LogP contribution in [-0.2, 0) is 4.79 Å². The van der Waals surface area contributed by atoms with Crippen molar-refractivity contribution in [2.24, 2.45) is 5.92 Å². The number of piperazine rings is 1. The molecule has 1 aromatic rings. The van der Waals surface area contributed by atoms with Crippen molar-refractivity contribution in [3.63, 3.8) is 0 Å². The van der Waals surface area contributed by atoms with Gasteiger partial charge in [-0.15, -0.1) is 0 Å². The summed E-state index contributed by atoms with van der Waals surface area (Å²) in [5.74, 6) is 0.551. The fraction of sp³-hybridized carbons (Fsp3) is 0.588. The molecule has 0 spiro atoms. The van der Waals surface area contributed by atoms with Crippen LogP contribution in [-0.4, -0.2) is 50.1 Å². The van der Waals surface area contributed by atoms with Crippen molar-refractivity contribution in [1.29, 1.82) is 0 Å². The van der Waals surface area contributed by atoms with Gasteiger partial charge in [0.05, 0.1) is 5.92 Å². The number of carbonyl (C=O) groups excluding carboxylic acids is 1. The lowest BCUT2D eigenvalue weighted by Crippen LogP contribution is -2.52. The molecule has 1 atom stereocenters. The van der Waals surface area contributed by atoms with Gasteiger partial charge in [-0.25, -0.2) is 0 Å². The predicted molar refractivity (Wildman–Crippen MR) is 85.6 cm³/mol. The third kappa shape index (κ3) is 3.21.